The van der Waals surface area contributed by atoms with Gasteiger partial charge in [0.15, 0.2) is 0 Å². The Labute approximate surface area is 88.7 Å². The molecule has 1 aliphatic heterocycles. The molecule has 0 spiro atoms. The minimum absolute atomic E-state index is 0.245. The second kappa shape index (κ2) is 1.93. The molecule has 2 atom stereocenters. The van der Waals surface area contributed by atoms with Crippen LogP contribution in [0.2, 0.25) is 0 Å². The fraction of sp³-hybridized carbons (Fsp3) is 1.00. The second-order valence-corrected chi connectivity index (χ2v) is 7.25. The first-order valence-corrected chi connectivity index (χ1v) is 5.75. The highest BCUT2D eigenvalue weighted by Crippen LogP contribution is 2.87. The van der Waals surface area contributed by atoms with E-state index in [9.17, 15) is 0 Å². The highest BCUT2D eigenvalue weighted by Gasteiger charge is 2.89. The average molecular weight is 195 g/mol. The lowest BCUT2D eigenvalue weighted by atomic mass is 9.80. The summed E-state index contributed by atoms with van der Waals surface area (Å²) in [4.78, 5) is 0. The van der Waals surface area contributed by atoms with E-state index in [4.69, 9.17) is 0 Å². The molecule has 1 saturated heterocycles. The van der Waals surface area contributed by atoms with Gasteiger partial charge in [0.05, 0.1) is 0 Å². The molecule has 0 bridgehead atoms. The van der Waals surface area contributed by atoms with Crippen molar-refractivity contribution in [1.82, 2.24) is 5.32 Å². The number of nitrogens with one attached hydrogen (secondary N) is 1. The molecule has 1 heteroatoms. The lowest BCUT2D eigenvalue weighted by Crippen LogP contribution is -2.53. The van der Waals surface area contributed by atoms with Crippen LogP contribution in [0.25, 0.3) is 0 Å². The van der Waals surface area contributed by atoms with E-state index in [1.54, 1.807) is 0 Å². The maximum atomic E-state index is 3.81. The first kappa shape index (κ1) is 10.5. The molecule has 82 valence electrons. The van der Waals surface area contributed by atoms with Gasteiger partial charge in [-0.3, -0.25) is 0 Å². The summed E-state index contributed by atoms with van der Waals surface area (Å²) >= 11 is 0. The largest absolute Gasteiger partial charge is 0.306 e. The molecule has 0 aromatic heterocycles. The molecule has 14 heavy (non-hydrogen) atoms. The van der Waals surface area contributed by atoms with Gasteiger partial charge in [0.1, 0.15) is 0 Å². The Balaban J connectivity index is 2.60. The van der Waals surface area contributed by atoms with Crippen LogP contribution in [0, 0.1) is 16.2 Å². The molecule has 1 heterocycles. The van der Waals surface area contributed by atoms with Crippen LogP contribution in [0.5, 0.6) is 0 Å². The Morgan fingerprint density at radius 1 is 0.571 bits per heavy atom. The molecule has 2 fully saturated rings. The number of fused-ring (bicyclic) bond motifs is 1. The van der Waals surface area contributed by atoms with Crippen LogP contribution in [-0.4, -0.2) is 11.1 Å². The normalized spacial score (nSPS) is 51.4. The number of rotatable bonds is 0. The van der Waals surface area contributed by atoms with Crippen molar-refractivity contribution in [1.29, 1.82) is 0 Å². The van der Waals surface area contributed by atoms with Crippen molar-refractivity contribution in [3.8, 4) is 0 Å². The van der Waals surface area contributed by atoms with Crippen molar-refractivity contribution in [3.63, 3.8) is 0 Å². The van der Waals surface area contributed by atoms with E-state index in [0.717, 1.165) is 0 Å². The van der Waals surface area contributed by atoms with Crippen molar-refractivity contribution < 1.29 is 0 Å². The first-order chi connectivity index (χ1) is 5.96. The summed E-state index contributed by atoms with van der Waals surface area (Å²) in [6.07, 6.45) is 0. The van der Waals surface area contributed by atoms with Gasteiger partial charge in [-0.25, -0.2) is 0 Å². The summed E-state index contributed by atoms with van der Waals surface area (Å²) in [6.45, 7) is 19.2. The van der Waals surface area contributed by atoms with Crippen LogP contribution in [0.15, 0.2) is 0 Å². The number of hydrogen-bond donors (Lipinski definition) is 1. The maximum absolute atomic E-state index is 3.81. The van der Waals surface area contributed by atoms with Gasteiger partial charge in [-0.15, -0.1) is 0 Å². The molecule has 2 unspecified atom stereocenters. The van der Waals surface area contributed by atoms with E-state index in [2.05, 4.69) is 60.7 Å². The molecule has 0 radical (unpaired) electrons. The van der Waals surface area contributed by atoms with Crippen LogP contribution in [0.3, 0.4) is 0 Å². The summed E-state index contributed by atoms with van der Waals surface area (Å²) in [7, 11) is 0. The van der Waals surface area contributed by atoms with Gasteiger partial charge in [0, 0.05) is 11.1 Å². The van der Waals surface area contributed by atoms with Crippen molar-refractivity contribution in [2.24, 2.45) is 16.2 Å². The quantitative estimate of drug-likeness (QED) is 0.626. The maximum Gasteiger partial charge on any atom is 0.0195 e. The third-order valence-electron chi connectivity index (χ3n) is 6.56. The van der Waals surface area contributed by atoms with Crippen molar-refractivity contribution in [2.45, 2.75) is 66.5 Å². The molecular formula is C13H25N. The van der Waals surface area contributed by atoms with Crippen molar-refractivity contribution in [2.75, 3.05) is 0 Å². The highest BCUT2D eigenvalue weighted by atomic mass is 15.2. The summed E-state index contributed by atoms with van der Waals surface area (Å²) in [5.41, 5.74) is 1.76. The minimum atomic E-state index is 0.245. The molecule has 1 aliphatic carbocycles. The zero-order chi connectivity index (χ0) is 11.2. The summed E-state index contributed by atoms with van der Waals surface area (Å²) in [5.74, 6) is 0. The third-order valence-corrected chi connectivity index (χ3v) is 6.56. The van der Waals surface area contributed by atoms with Gasteiger partial charge in [-0.1, -0.05) is 27.7 Å². The predicted octanol–water partition coefficient (Wildman–Crippen LogP) is 3.20. The van der Waals surface area contributed by atoms with Gasteiger partial charge in [-0.05, 0) is 43.9 Å². The van der Waals surface area contributed by atoms with Gasteiger partial charge < -0.3 is 5.32 Å². The summed E-state index contributed by atoms with van der Waals surface area (Å²) < 4.78 is 0. The second-order valence-electron chi connectivity index (χ2n) is 7.25. The smallest absolute Gasteiger partial charge is 0.0195 e. The Bertz CT molecular complexity index is 254. The molecule has 0 aromatic carbocycles. The molecule has 2 aliphatic rings. The minimum Gasteiger partial charge on any atom is -0.306 e. The number of hydrogen-bond acceptors (Lipinski definition) is 1. The monoisotopic (exact) mass is 195 g/mol. The lowest BCUT2D eigenvalue weighted by molar-refractivity contribution is 0.171. The molecule has 1 saturated carbocycles. The Morgan fingerprint density at radius 2 is 0.857 bits per heavy atom. The molecule has 1 nitrogen and oxygen atoms in total. The summed E-state index contributed by atoms with van der Waals surface area (Å²) in [5, 5.41) is 3.81. The van der Waals surface area contributed by atoms with Crippen LogP contribution >= 0.6 is 0 Å². The predicted molar refractivity (Wildman–Crippen MR) is 61.3 cm³/mol. The number of piperidine rings is 1. The highest BCUT2D eigenvalue weighted by molar-refractivity contribution is 5.40. The van der Waals surface area contributed by atoms with E-state index in [1.165, 1.54) is 0 Å². The zero-order valence-corrected chi connectivity index (χ0v) is 11.0. The molecule has 1 N–H and O–H groups in total. The SMILES string of the molecule is CC1(C)NC(C)(C)C2(C)C(C)(C)C12C. The lowest BCUT2D eigenvalue weighted by Gasteiger charge is -2.39. The van der Waals surface area contributed by atoms with E-state index < -0.39 is 0 Å². The van der Waals surface area contributed by atoms with Gasteiger partial charge in [-0.2, -0.15) is 0 Å². The molecular weight excluding hydrogens is 170 g/mol. The van der Waals surface area contributed by atoms with Gasteiger partial charge in [0.25, 0.3) is 0 Å². The Hall–Kier alpha value is -0.0400. The van der Waals surface area contributed by atoms with E-state index in [0.29, 0.717) is 16.2 Å². The van der Waals surface area contributed by atoms with Crippen LogP contribution in [-0.2, 0) is 0 Å². The van der Waals surface area contributed by atoms with Gasteiger partial charge >= 0.3 is 0 Å². The van der Waals surface area contributed by atoms with E-state index in [1.807, 2.05) is 0 Å². The Morgan fingerprint density at radius 3 is 1.00 bits per heavy atom. The first-order valence-electron chi connectivity index (χ1n) is 5.75. The standard InChI is InChI=1S/C13H25N/c1-9(2)12(7)10(3,4)14-11(5,6)13(9,12)8/h14H,1-8H3. The fourth-order valence-electron chi connectivity index (χ4n) is 5.19. The van der Waals surface area contributed by atoms with Gasteiger partial charge in [0.2, 0.25) is 0 Å². The zero-order valence-electron chi connectivity index (χ0n) is 11.0. The molecule has 2 rings (SSSR count). The topological polar surface area (TPSA) is 12.0 Å². The van der Waals surface area contributed by atoms with E-state index in [-0.39, 0.29) is 11.1 Å². The average Bonchev–Trinajstić information content (AvgIpc) is 2.25. The fourth-order valence-corrected chi connectivity index (χ4v) is 5.19. The van der Waals surface area contributed by atoms with Crippen molar-refractivity contribution in [3.05, 3.63) is 0 Å². The summed E-state index contributed by atoms with van der Waals surface area (Å²) in [6, 6.07) is 0. The Kier molecular flexibility index (Phi) is 1.45. The van der Waals surface area contributed by atoms with Crippen molar-refractivity contribution >= 4 is 0 Å². The van der Waals surface area contributed by atoms with Crippen LogP contribution in [0.1, 0.15) is 55.4 Å². The molecule has 0 aromatic rings. The van der Waals surface area contributed by atoms with Crippen LogP contribution < -0.4 is 5.32 Å². The third kappa shape index (κ3) is 0.599. The van der Waals surface area contributed by atoms with E-state index >= 15 is 0 Å². The molecule has 0 amide bonds. The van der Waals surface area contributed by atoms with Crippen LogP contribution in [0.4, 0.5) is 0 Å².